The number of hydrogen-bond donors (Lipinski definition) is 0. The summed E-state index contributed by atoms with van der Waals surface area (Å²) in [5.41, 5.74) is 1.69. The third-order valence-corrected chi connectivity index (χ3v) is 5.54. The van der Waals surface area contributed by atoms with Crippen LogP contribution in [0.15, 0.2) is 36.5 Å². The fraction of sp³-hybridized carbons (Fsp3) is 0.412. The molecule has 0 aliphatic carbocycles. The highest BCUT2D eigenvalue weighted by Crippen LogP contribution is 2.39. The van der Waals surface area contributed by atoms with Gasteiger partial charge in [0.2, 0.25) is 0 Å². The van der Waals surface area contributed by atoms with Gasteiger partial charge < -0.3 is 4.90 Å². The van der Waals surface area contributed by atoms with Crippen molar-refractivity contribution < 1.29 is 4.79 Å². The van der Waals surface area contributed by atoms with Gasteiger partial charge in [0.05, 0.1) is 11.1 Å². The number of nitrogens with zero attached hydrogens (tertiary/aromatic N) is 2. The van der Waals surface area contributed by atoms with Crippen LogP contribution in [0.2, 0.25) is 0 Å². The molecular weight excluding hydrogens is 328 g/mol. The minimum Gasteiger partial charge on any atom is -0.333 e. The Kier molecular flexibility index (Phi) is 3.21. The number of alkyl halides is 1. The molecule has 0 radical (unpaired) electrons. The van der Waals surface area contributed by atoms with Gasteiger partial charge in [-0.3, -0.25) is 9.78 Å². The lowest BCUT2D eigenvalue weighted by Crippen LogP contribution is -2.46. The van der Waals surface area contributed by atoms with E-state index in [1.165, 1.54) is 0 Å². The number of piperidine rings is 1. The smallest absolute Gasteiger partial charge is 0.255 e. The van der Waals surface area contributed by atoms with Crippen LogP contribution >= 0.6 is 15.9 Å². The van der Waals surface area contributed by atoms with Gasteiger partial charge in [-0.25, -0.2) is 0 Å². The molecule has 3 heterocycles. The maximum absolute atomic E-state index is 13.1. The number of benzene rings is 1. The average molecular weight is 345 g/mol. The second-order valence-electron chi connectivity index (χ2n) is 6.04. The maximum Gasteiger partial charge on any atom is 0.255 e. The van der Waals surface area contributed by atoms with Gasteiger partial charge in [-0.1, -0.05) is 34.1 Å². The fourth-order valence-corrected chi connectivity index (χ4v) is 4.73. The van der Waals surface area contributed by atoms with Crippen LogP contribution in [0.3, 0.4) is 0 Å². The Morgan fingerprint density at radius 1 is 1.14 bits per heavy atom. The van der Waals surface area contributed by atoms with Crippen LogP contribution in [0.1, 0.15) is 36.0 Å². The van der Waals surface area contributed by atoms with Gasteiger partial charge in [0.25, 0.3) is 5.91 Å². The van der Waals surface area contributed by atoms with E-state index in [1.54, 1.807) is 6.20 Å². The van der Waals surface area contributed by atoms with Crippen molar-refractivity contribution in [3.05, 3.63) is 42.1 Å². The summed E-state index contributed by atoms with van der Waals surface area (Å²) in [5.74, 6) is 0.181. The first-order chi connectivity index (χ1) is 10.2. The van der Waals surface area contributed by atoms with Gasteiger partial charge in [0.15, 0.2) is 0 Å². The van der Waals surface area contributed by atoms with Crippen molar-refractivity contribution >= 4 is 32.7 Å². The normalized spacial score (nSPS) is 28.0. The number of carbonyl (C=O) groups excluding carboxylic acids is 1. The van der Waals surface area contributed by atoms with Crippen LogP contribution < -0.4 is 0 Å². The van der Waals surface area contributed by atoms with Gasteiger partial charge >= 0.3 is 0 Å². The number of pyridine rings is 1. The molecule has 0 saturated carbocycles. The molecule has 4 heteroatoms. The number of hydrogen-bond acceptors (Lipinski definition) is 2. The monoisotopic (exact) mass is 344 g/mol. The van der Waals surface area contributed by atoms with Crippen molar-refractivity contribution in [1.82, 2.24) is 9.88 Å². The number of carbonyl (C=O) groups is 1. The van der Waals surface area contributed by atoms with E-state index >= 15 is 0 Å². The summed E-state index contributed by atoms with van der Waals surface area (Å²) in [5, 5.41) is 0.963. The van der Waals surface area contributed by atoms with Gasteiger partial charge in [0.1, 0.15) is 0 Å². The SMILES string of the molecule is O=C(c1ccnc2ccccc12)N1C2CCC1CC(Br)C2. The first-order valence-corrected chi connectivity index (χ1v) is 8.46. The van der Waals surface area contributed by atoms with E-state index in [-0.39, 0.29) is 5.91 Å². The molecule has 1 aromatic carbocycles. The molecule has 1 aromatic heterocycles. The molecular formula is C17H17BrN2O. The standard InChI is InChI=1S/C17H17BrN2O/c18-11-9-12-5-6-13(10-11)20(12)17(21)15-7-8-19-16-4-2-1-3-14(15)16/h1-4,7-8,11-13H,5-6,9-10H2. The number of rotatable bonds is 1. The Bertz CT molecular complexity index is 683. The van der Waals surface area contributed by atoms with Gasteiger partial charge in [-0.15, -0.1) is 0 Å². The van der Waals surface area contributed by atoms with Gasteiger partial charge in [-0.2, -0.15) is 0 Å². The van der Waals surface area contributed by atoms with Crippen LogP contribution in [0.25, 0.3) is 10.9 Å². The fourth-order valence-electron chi connectivity index (χ4n) is 3.86. The molecule has 2 bridgehead atoms. The Hall–Kier alpha value is -1.42. The maximum atomic E-state index is 13.1. The summed E-state index contributed by atoms with van der Waals surface area (Å²) < 4.78 is 0. The van der Waals surface area contributed by atoms with Crippen molar-refractivity contribution in [2.45, 2.75) is 42.6 Å². The first kappa shape index (κ1) is 13.3. The first-order valence-electron chi connectivity index (χ1n) is 7.54. The summed E-state index contributed by atoms with van der Waals surface area (Å²) >= 11 is 3.73. The second-order valence-corrected chi connectivity index (χ2v) is 7.34. The largest absolute Gasteiger partial charge is 0.333 e. The number of fused-ring (bicyclic) bond motifs is 3. The lowest BCUT2D eigenvalue weighted by atomic mass is 10.00. The van der Waals surface area contributed by atoms with Crippen LogP contribution in [0, 0.1) is 0 Å². The van der Waals surface area contributed by atoms with E-state index in [1.807, 2.05) is 30.3 Å². The van der Waals surface area contributed by atoms with Crippen molar-refractivity contribution in [3.63, 3.8) is 0 Å². The third kappa shape index (κ3) is 2.16. The molecule has 3 nitrogen and oxygen atoms in total. The Labute approximate surface area is 132 Å². The second kappa shape index (κ2) is 5.09. The topological polar surface area (TPSA) is 33.2 Å². The minimum absolute atomic E-state index is 0.181. The minimum atomic E-state index is 0.181. The Morgan fingerprint density at radius 2 is 1.86 bits per heavy atom. The van der Waals surface area contributed by atoms with Crippen LogP contribution in [0.4, 0.5) is 0 Å². The average Bonchev–Trinajstić information content (AvgIpc) is 2.78. The molecule has 21 heavy (non-hydrogen) atoms. The van der Waals surface area contributed by atoms with Crippen LogP contribution in [-0.4, -0.2) is 32.7 Å². The third-order valence-electron chi connectivity index (χ3n) is 4.79. The van der Waals surface area contributed by atoms with E-state index in [0.717, 1.165) is 42.1 Å². The van der Waals surface area contributed by atoms with E-state index in [9.17, 15) is 4.79 Å². The lowest BCUT2D eigenvalue weighted by Gasteiger charge is -2.37. The number of para-hydroxylation sites is 1. The van der Waals surface area contributed by atoms with E-state index in [4.69, 9.17) is 0 Å². The summed E-state index contributed by atoms with van der Waals surface area (Å²) in [6.45, 7) is 0. The molecule has 2 atom stereocenters. The summed E-state index contributed by atoms with van der Waals surface area (Å²) in [6.07, 6.45) is 6.17. The molecule has 1 amide bonds. The lowest BCUT2D eigenvalue weighted by molar-refractivity contribution is 0.0605. The number of aromatic nitrogens is 1. The van der Waals surface area contributed by atoms with Crippen molar-refractivity contribution in [2.24, 2.45) is 0 Å². The highest BCUT2D eigenvalue weighted by molar-refractivity contribution is 9.09. The molecule has 0 spiro atoms. The molecule has 0 N–H and O–H groups in total. The predicted molar refractivity (Wildman–Crippen MR) is 86.7 cm³/mol. The molecule has 2 fully saturated rings. The predicted octanol–water partition coefficient (Wildman–Crippen LogP) is 3.77. The van der Waals surface area contributed by atoms with Gasteiger partial charge in [0, 0.05) is 28.5 Å². The summed E-state index contributed by atoms with van der Waals surface area (Å²) in [7, 11) is 0. The molecule has 2 aromatic rings. The number of halogens is 1. The zero-order valence-electron chi connectivity index (χ0n) is 11.7. The quantitative estimate of drug-likeness (QED) is 0.738. The molecule has 2 saturated heterocycles. The Balaban J connectivity index is 1.74. The van der Waals surface area contributed by atoms with E-state index in [2.05, 4.69) is 25.8 Å². The molecule has 2 unspecified atom stereocenters. The summed E-state index contributed by atoms with van der Waals surface area (Å²) in [4.78, 5) is 20.1. The van der Waals surface area contributed by atoms with Crippen LogP contribution in [-0.2, 0) is 0 Å². The summed E-state index contributed by atoms with van der Waals surface area (Å²) in [6, 6.07) is 10.5. The Morgan fingerprint density at radius 3 is 2.62 bits per heavy atom. The molecule has 4 rings (SSSR count). The van der Waals surface area contributed by atoms with Crippen LogP contribution in [0.5, 0.6) is 0 Å². The van der Waals surface area contributed by atoms with Crippen molar-refractivity contribution in [1.29, 1.82) is 0 Å². The highest BCUT2D eigenvalue weighted by Gasteiger charge is 2.42. The number of amides is 1. The highest BCUT2D eigenvalue weighted by atomic mass is 79.9. The zero-order valence-corrected chi connectivity index (χ0v) is 13.3. The zero-order chi connectivity index (χ0) is 14.4. The van der Waals surface area contributed by atoms with E-state index < -0.39 is 0 Å². The van der Waals surface area contributed by atoms with Crippen molar-refractivity contribution in [3.8, 4) is 0 Å². The molecule has 2 aliphatic heterocycles. The molecule has 2 aliphatic rings. The van der Waals surface area contributed by atoms with E-state index in [0.29, 0.717) is 16.9 Å². The molecule has 108 valence electrons. The van der Waals surface area contributed by atoms with Gasteiger partial charge in [-0.05, 0) is 37.8 Å². The van der Waals surface area contributed by atoms with Crippen molar-refractivity contribution in [2.75, 3.05) is 0 Å².